The summed E-state index contributed by atoms with van der Waals surface area (Å²) >= 11 is 0. The Hall–Kier alpha value is -3.42. The molecule has 1 aliphatic rings. The van der Waals surface area contributed by atoms with Crippen molar-refractivity contribution in [1.29, 1.82) is 0 Å². The van der Waals surface area contributed by atoms with Crippen LogP contribution in [0.3, 0.4) is 0 Å². The van der Waals surface area contributed by atoms with Crippen LogP contribution in [-0.4, -0.2) is 29.0 Å². The van der Waals surface area contributed by atoms with Crippen LogP contribution in [0, 0.1) is 0 Å². The number of esters is 1. The van der Waals surface area contributed by atoms with E-state index in [-0.39, 0.29) is 22.5 Å². The predicted molar refractivity (Wildman–Crippen MR) is 93.4 cm³/mol. The summed E-state index contributed by atoms with van der Waals surface area (Å²) in [6.07, 6.45) is 1.65. The maximum Gasteiger partial charge on any atom is 0.338 e. The van der Waals surface area contributed by atoms with Crippen LogP contribution >= 0.6 is 0 Å². The van der Waals surface area contributed by atoms with Gasteiger partial charge in [-0.3, -0.25) is 24.3 Å². The maximum atomic E-state index is 12.4. The highest BCUT2D eigenvalue weighted by Gasteiger charge is 2.31. The van der Waals surface area contributed by atoms with E-state index in [1.165, 1.54) is 6.07 Å². The van der Waals surface area contributed by atoms with Crippen LogP contribution in [0.25, 0.3) is 5.69 Å². The van der Waals surface area contributed by atoms with Crippen molar-refractivity contribution in [3.63, 3.8) is 0 Å². The monoisotopic (exact) mass is 355 g/mol. The predicted octanol–water partition coefficient (Wildman–Crippen LogP) is 1.26. The molecule has 2 aromatic rings. The number of rotatable bonds is 5. The molecule has 134 valence electrons. The molecular formula is C18H17N3O5. The van der Waals surface area contributed by atoms with Crippen LogP contribution in [0.5, 0.6) is 0 Å². The molecule has 0 saturated carbocycles. The molecule has 1 aliphatic heterocycles. The average Bonchev–Trinajstić information content (AvgIpc) is 2.89. The van der Waals surface area contributed by atoms with Gasteiger partial charge in [-0.15, -0.1) is 0 Å². The second kappa shape index (κ2) is 6.83. The molecule has 0 aliphatic carbocycles. The van der Waals surface area contributed by atoms with Gasteiger partial charge in [0, 0.05) is 6.07 Å². The fourth-order valence-electron chi connectivity index (χ4n) is 2.71. The number of carbonyl (C=O) groups excluding carboxylic acids is 3. The summed E-state index contributed by atoms with van der Waals surface area (Å²) in [5.41, 5.74) is 5.85. The summed E-state index contributed by atoms with van der Waals surface area (Å²) in [6.45, 7) is 2.29. The van der Waals surface area contributed by atoms with Crippen molar-refractivity contribution in [3.8, 4) is 5.69 Å². The van der Waals surface area contributed by atoms with Gasteiger partial charge in [0.15, 0.2) is 0 Å². The smallest absolute Gasteiger partial charge is 0.338 e. The van der Waals surface area contributed by atoms with Crippen molar-refractivity contribution in [2.75, 3.05) is 12.3 Å². The Kier molecular flexibility index (Phi) is 4.57. The number of nitrogen functional groups attached to an aromatic ring is 1. The number of ether oxygens (including phenoxy) is 1. The lowest BCUT2D eigenvalue weighted by Crippen LogP contribution is -2.24. The number of amides is 2. The Morgan fingerprint density at radius 3 is 2.69 bits per heavy atom. The molecule has 0 saturated heterocycles. The van der Waals surface area contributed by atoms with Crippen molar-refractivity contribution in [1.82, 2.24) is 9.88 Å². The van der Waals surface area contributed by atoms with E-state index in [1.54, 1.807) is 18.2 Å². The van der Waals surface area contributed by atoms with Gasteiger partial charge in [-0.25, -0.2) is 4.79 Å². The molecule has 2 heterocycles. The van der Waals surface area contributed by atoms with Gasteiger partial charge in [0.1, 0.15) is 5.82 Å². The van der Waals surface area contributed by atoms with Crippen LogP contribution in [0.1, 0.15) is 50.8 Å². The summed E-state index contributed by atoms with van der Waals surface area (Å²) in [5, 5.41) is 2.10. The number of nitrogens with two attached hydrogens (primary N) is 1. The van der Waals surface area contributed by atoms with Gasteiger partial charge in [0.2, 0.25) is 0 Å². The SMILES string of the molecule is CCCCOC(=O)c1cccc(-n2c(N)c3c(cc2=O)C(=O)NC3=O)c1. The summed E-state index contributed by atoms with van der Waals surface area (Å²) in [5.74, 6) is -1.99. The topological polar surface area (TPSA) is 120 Å². The van der Waals surface area contributed by atoms with E-state index in [2.05, 4.69) is 5.32 Å². The zero-order chi connectivity index (χ0) is 18.8. The molecule has 1 aromatic carbocycles. The van der Waals surface area contributed by atoms with E-state index in [4.69, 9.17) is 10.5 Å². The van der Waals surface area contributed by atoms with Gasteiger partial charge in [-0.2, -0.15) is 0 Å². The third-order valence-corrected chi connectivity index (χ3v) is 4.02. The summed E-state index contributed by atoms with van der Waals surface area (Å²) in [6, 6.07) is 7.21. The summed E-state index contributed by atoms with van der Waals surface area (Å²) in [7, 11) is 0. The molecule has 8 heteroatoms. The number of carbonyl (C=O) groups is 3. The van der Waals surface area contributed by atoms with E-state index in [0.29, 0.717) is 12.3 Å². The number of imide groups is 1. The van der Waals surface area contributed by atoms with E-state index in [1.807, 2.05) is 6.92 Å². The zero-order valence-corrected chi connectivity index (χ0v) is 14.1. The van der Waals surface area contributed by atoms with Crippen LogP contribution in [0.2, 0.25) is 0 Å². The number of hydrogen-bond acceptors (Lipinski definition) is 6. The van der Waals surface area contributed by atoms with Gasteiger partial charge in [0.25, 0.3) is 17.4 Å². The first-order valence-corrected chi connectivity index (χ1v) is 8.12. The highest BCUT2D eigenvalue weighted by Crippen LogP contribution is 2.23. The van der Waals surface area contributed by atoms with Crippen molar-refractivity contribution >= 4 is 23.6 Å². The Labute approximate surface area is 148 Å². The molecule has 8 nitrogen and oxygen atoms in total. The van der Waals surface area contributed by atoms with Crippen LogP contribution in [0.15, 0.2) is 35.1 Å². The third-order valence-electron chi connectivity index (χ3n) is 4.02. The van der Waals surface area contributed by atoms with E-state index < -0.39 is 23.3 Å². The summed E-state index contributed by atoms with van der Waals surface area (Å²) in [4.78, 5) is 48.1. The fraction of sp³-hybridized carbons (Fsp3) is 0.222. The molecule has 3 rings (SSSR count). The maximum absolute atomic E-state index is 12.4. The second-order valence-corrected chi connectivity index (χ2v) is 5.81. The van der Waals surface area contributed by atoms with E-state index >= 15 is 0 Å². The second-order valence-electron chi connectivity index (χ2n) is 5.81. The molecule has 0 spiro atoms. The average molecular weight is 355 g/mol. The molecule has 3 N–H and O–H groups in total. The molecule has 0 atom stereocenters. The van der Waals surface area contributed by atoms with Gasteiger partial charge in [0.05, 0.1) is 29.0 Å². The molecule has 0 bridgehead atoms. The molecule has 26 heavy (non-hydrogen) atoms. The van der Waals surface area contributed by atoms with Crippen LogP contribution in [0.4, 0.5) is 5.82 Å². The van der Waals surface area contributed by atoms with Gasteiger partial charge < -0.3 is 10.5 Å². The van der Waals surface area contributed by atoms with Crippen molar-refractivity contribution < 1.29 is 19.1 Å². The standard InChI is InChI=1S/C18H17N3O5/c1-2-3-7-26-18(25)10-5-4-6-11(8-10)21-13(22)9-12-14(15(21)19)17(24)20-16(12)23/h4-6,8-9H,2-3,7,19H2,1H3,(H,20,23,24). The number of hydrogen-bond donors (Lipinski definition) is 2. The Morgan fingerprint density at radius 1 is 1.19 bits per heavy atom. The minimum Gasteiger partial charge on any atom is -0.462 e. The van der Waals surface area contributed by atoms with Crippen LogP contribution in [-0.2, 0) is 4.74 Å². The van der Waals surface area contributed by atoms with Gasteiger partial charge in [-0.1, -0.05) is 19.4 Å². The lowest BCUT2D eigenvalue weighted by Gasteiger charge is -2.13. The minimum atomic E-state index is -0.661. The Balaban J connectivity index is 2.03. The first kappa shape index (κ1) is 17.4. The molecule has 1 aromatic heterocycles. The van der Waals surface area contributed by atoms with Gasteiger partial charge >= 0.3 is 5.97 Å². The van der Waals surface area contributed by atoms with Crippen molar-refractivity contribution in [2.45, 2.75) is 19.8 Å². The number of aromatic nitrogens is 1. The molecule has 0 radical (unpaired) electrons. The Morgan fingerprint density at radius 2 is 1.96 bits per heavy atom. The normalized spacial score (nSPS) is 12.7. The van der Waals surface area contributed by atoms with E-state index in [9.17, 15) is 19.2 Å². The van der Waals surface area contributed by atoms with Gasteiger partial charge in [-0.05, 0) is 24.6 Å². The number of fused-ring (bicyclic) bond motifs is 1. The third kappa shape index (κ3) is 2.97. The molecular weight excluding hydrogens is 338 g/mol. The Bertz CT molecular complexity index is 977. The fourth-order valence-corrected chi connectivity index (χ4v) is 2.71. The molecule has 0 fully saturated rings. The van der Waals surface area contributed by atoms with Crippen LogP contribution < -0.4 is 16.6 Å². The highest BCUT2D eigenvalue weighted by atomic mass is 16.5. The molecule has 2 amide bonds. The van der Waals surface area contributed by atoms with Crippen molar-refractivity contribution in [2.24, 2.45) is 0 Å². The lowest BCUT2D eigenvalue weighted by molar-refractivity contribution is 0.0499. The molecule has 0 unspecified atom stereocenters. The van der Waals surface area contributed by atoms with E-state index in [0.717, 1.165) is 23.5 Å². The quantitative estimate of drug-likeness (QED) is 0.473. The first-order valence-electron chi connectivity index (χ1n) is 8.12. The number of benzene rings is 1. The lowest BCUT2D eigenvalue weighted by atomic mass is 10.1. The van der Waals surface area contributed by atoms with Crippen molar-refractivity contribution in [3.05, 3.63) is 57.4 Å². The highest BCUT2D eigenvalue weighted by molar-refractivity contribution is 6.23. The largest absolute Gasteiger partial charge is 0.462 e. The summed E-state index contributed by atoms with van der Waals surface area (Å²) < 4.78 is 6.24. The number of anilines is 1. The first-order chi connectivity index (χ1) is 12.4. The number of nitrogens with zero attached hydrogens (tertiary/aromatic N) is 1. The number of pyridine rings is 1. The number of unbranched alkanes of at least 4 members (excludes halogenated alkanes) is 1. The zero-order valence-electron chi connectivity index (χ0n) is 14.1. The number of nitrogens with one attached hydrogen (secondary N) is 1. The minimum absolute atomic E-state index is 0.0504.